The van der Waals surface area contributed by atoms with Crippen molar-refractivity contribution in [2.75, 3.05) is 40.0 Å². The number of piperidine rings is 1. The second kappa shape index (κ2) is 9.50. The van der Waals surface area contributed by atoms with Gasteiger partial charge in [0.15, 0.2) is 0 Å². The highest BCUT2D eigenvalue weighted by Crippen LogP contribution is 2.19. The van der Waals surface area contributed by atoms with E-state index >= 15 is 0 Å². The lowest BCUT2D eigenvalue weighted by Crippen LogP contribution is -2.39. The lowest BCUT2D eigenvalue weighted by atomic mass is 9.97. The number of carbonyl (C=O) groups excluding carboxylic acids is 1. The fourth-order valence-corrected chi connectivity index (χ4v) is 3.22. The quantitative estimate of drug-likeness (QED) is 0.681. The van der Waals surface area contributed by atoms with Gasteiger partial charge in [-0.1, -0.05) is 12.1 Å². The van der Waals surface area contributed by atoms with Crippen molar-refractivity contribution >= 4 is 5.91 Å². The van der Waals surface area contributed by atoms with Crippen LogP contribution in [0.3, 0.4) is 0 Å². The van der Waals surface area contributed by atoms with E-state index in [1.807, 2.05) is 39.9 Å². The zero-order valence-corrected chi connectivity index (χ0v) is 15.3. The van der Waals surface area contributed by atoms with Crippen LogP contribution in [0.2, 0.25) is 0 Å². The van der Waals surface area contributed by atoms with E-state index < -0.39 is 0 Å². The smallest absolute Gasteiger partial charge is 0.253 e. The minimum Gasteiger partial charge on any atom is -0.382 e. The molecule has 0 aliphatic carbocycles. The van der Waals surface area contributed by atoms with Gasteiger partial charge in [0, 0.05) is 51.3 Å². The molecule has 1 aromatic carbocycles. The summed E-state index contributed by atoms with van der Waals surface area (Å²) < 4.78 is 12.6. The highest BCUT2D eigenvalue weighted by atomic mass is 16.5. The number of carbonyl (C=O) groups is 1. The summed E-state index contributed by atoms with van der Waals surface area (Å²) in [6, 6.07) is 7.89. The average Bonchev–Trinajstić information content (AvgIpc) is 3.19. The zero-order valence-electron chi connectivity index (χ0n) is 15.3. The summed E-state index contributed by atoms with van der Waals surface area (Å²) in [5.74, 6) is 0.659. The summed E-state index contributed by atoms with van der Waals surface area (Å²) >= 11 is 0. The number of hydrogen-bond donors (Lipinski definition) is 0. The molecule has 1 amide bonds. The Morgan fingerprint density at radius 2 is 1.96 bits per heavy atom. The molecule has 1 aromatic heterocycles. The fourth-order valence-electron chi connectivity index (χ4n) is 3.22. The van der Waals surface area contributed by atoms with Gasteiger partial charge in [-0.3, -0.25) is 4.79 Å². The molecular weight excluding hydrogens is 330 g/mol. The maximum atomic E-state index is 12.7. The van der Waals surface area contributed by atoms with Crippen molar-refractivity contribution in [3.8, 4) is 0 Å². The van der Waals surface area contributed by atoms with Gasteiger partial charge in [-0.05, 0) is 36.5 Å². The van der Waals surface area contributed by atoms with Gasteiger partial charge in [0.25, 0.3) is 5.91 Å². The van der Waals surface area contributed by atoms with E-state index in [2.05, 4.69) is 4.98 Å². The Morgan fingerprint density at radius 1 is 1.19 bits per heavy atom. The van der Waals surface area contributed by atoms with Crippen LogP contribution in [0.15, 0.2) is 43.0 Å². The van der Waals surface area contributed by atoms with E-state index in [4.69, 9.17) is 9.47 Å². The molecule has 0 spiro atoms. The van der Waals surface area contributed by atoms with Gasteiger partial charge in [-0.2, -0.15) is 0 Å². The van der Waals surface area contributed by atoms with E-state index in [1.165, 1.54) is 0 Å². The topological polar surface area (TPSA) is 56.6 Å². The van der Waals surface area contributed by atoms with Gasteiger partial charge >= 0.3 is 0 Å². The summed E-state index contributed by atoms with van der Waals surface area (Å²) in [4.78, 5) is 18.7. The molecule has 1 aliphatic rings. The first-order chi connectivity index (χ1) is 12.8. The third kappa shape index (κ3) is 5.16. The summed E-state index contributed by atoms with van der Waals surface area (Å²) in [6.45, 7) is 4.40. The van der Waals surface area contributed by atoms with Crippen LogP contribution in [0.5, 0.6) is 0 Å². The zero-order chi connectivity index (χ0) is 18.2. The molecule has 0 saturated carbocycles. The van der Waals surface area contributed by atoms with Crippen LogP contribution >= 0.6 is 0 Å². The Bertz CT molecular complexity index is 662. The molecule has 3 rings (SSSR count). The van der Waals surface area contributed by atoms with Crippen LogP contribution in [0.25, 0.3) is 0 Å². The molecule has 26 heavy (non-hydrogen) atoms. The number of ether oxygens (including phenoxy) is 2. The fraction of sp³-hybridized carbons (Fsp3) is 0.500. The largest absolute Gasteiger partial charge is 0.382 e. The minimum atomic E-state index is 0.123. The molecule has 6 heteroatoms. The molecule has 0 radical (unpaired) electrons. The summed E-state index contributed by atoms with van der Waals surface area (Å²) in [5.41, 5.74) is 1.92. The van der Waals surface area contributed by atoms with Gasteiger partial charge < -0.3 is 18.9 Å². The van der Waals surface area contributed by atoms with Crippen molar-refractivity contribution in [1.29, 1.82) is 0 Å². The van der Waals surface area contributed by atoms with Crippen molar-refractivity contribution in [3.63, 3.8) is 0 Å². The lowest BCUT2D eigenvalue weighted by Gasteiger charge is -2.32. The molecule has 1 saturated heterocycles. The average molecular weight is 357 g/mol. The number of nitrogens with zero attached hydrogens (tertiary/aromatic N) is 3. The first kappa shape index (κ1) is 18.6. The van der Waals surface area contributed by atoms with E-state index in [1.54, 1.807) is 19.6 Å². The Hall–Kier alpha value is -2.18. The molecule has 0 unspecified atom stereocenters. The maximum Gasteiger partial charge on any atom is 0.253 e. The van der Waals surface area contributed by atoms with Crippen molar-refractivity contribution in [2.45, 2.75) is 19.4 Å². The Labute approximate surface area is 154 Å². The number of imidazole rings is 1. The van der Waals surface area contributed by atoms with Crippen molar-refractivity contribution in [1.82, 2.24) is 14.5 Å². The normalized spacial score (nSPS) is 15.3. The van der Waals surface area contributed by atoms with Gasteiger partial charge in [-0.25, -0.2) is 4.98 Å². The lowest BCUT2D eigenvalue weighted by molar-refractivity contribution is 0.0327. The van der Waals surface area contributed by atoms with Crippen LogP contribution in [-0.2, 0) is 16.0 Å². The second-order valence-corrected chi connectivity index (χ2v) is 6.74. The number of amides is 1. The van der Waals surface area contributed by atoms with E-state index in [9.17, 15) is 4.79 Å². The van der Waals surface area contributed by atoms with Gasteiger partial charge in [0.05, 0.1) is 19.5 Å². The molecule has 0 N–H and O–H groups in total. The number of likely N-dealkylation sites (tertiary alicyclic amines) is 1. The SMILES string of the molecule is COCCOCC1CCN(C(=O)c2ccc(Cn3ccnc3)cc2)CC1. The number of methoxy groups -OCH3 is 1. The molecule has 1 aliphatic heterocycles. The van der Waals surface area contributed by atoms with E-state index in [0.29, 0.717) is 19.1 Å². The third-order valence-corrected chi connectivity index (χ3v) is 4.81. The maximum absolute atomic E-state index is 12.7. The molecule has 0 bridgehead atoms. The van der Waals surface area contributed by atoms with E-state index in [0.717, 1.165) is 50.2 Å². The van der Waals surface area contributed by atoms with Crippen LogP contribution in [0, 0.1) is 5.92 Å². The number of aromatic nitrogens is 2. The molecule has 1 fully saturated rings. The Kier molecular flexibility index (Phi) is 6.80. The van der Waals surface area contributed by atoms with Gasteiger partial charge in [0.1, 0.15) is 0 Å². The molecule has 140 valence electrons. The van der Waals surface area contributed by atoms with Crippen LogP contribution in [0.4, 0.5) is 0 Å². The predicted octanol–water partition coefficient (Wildman–Crippen LogP) is 2.45. The van der Waals surface area contributed by atoms with Crippen LogP contribution in [-0.4, -0.2) is 60.4 Å². The highest BCUT2D eigenvalue weighted by Gasteiger charge is 2.23. The predicted molar refractivity (Wildman–Crippen MR) is 99.1 cm³/mol. The monoisotopic (exact) mass is 357 g/mol. The summed E-state index contributed by atoms with van der Waals surface area (Å²) in [7, 11) is 1.68. The molecular formula is C20H27N3O3. The number of benzene rings is 1. The highest BCUT2D eigenvalue weighted by molar-refractivity contribution is 5.94. The Morgan fingerprint density at radius 3 is 2.62 bits per heavy atom. The third-order valence-electron chi connectivity index (χ3n) is 4.81. The summed E-state index contributed by atoms with van der Waals surface area (Å²) in [6.07, 6.45) is 7.49. The molecule has 0 atom stereocenters. The van der Waals surface area contributed by atoms with Crippen molar-refractivity contribution in [3.05, 3.63) is 54.1 Å². The van der Waals surface area contributed by atoms with Crippen LogP contribution in [0.1, 0.15) is 28.8 Å². The first-order valence-electron chi connectivity index (χ1n) is 9.17. The first-order valence-corrected chi connectivity index (χ1v) is 9.17. The number of rotatable bonds is 8. The number of hydrogen-bond acceptors (Lipinski definition) is 4. The van der Waals surface area contributed by atoms with E-state index in [-0.39, 0.29) is 5.91 Å². The second-order valence-electron chi connectivity index (χ2n) is 6.74. The van der Waals surface area contributed by atoms with Crippen molar-refractivity contribution < 1.29 is 14.3 Å². The van der Waals surface area contributed by atoms with Gasteiger partial charge in [0.2, 0.25) is 0 Å². The Balaban J connectivity index is 1.46. The molecule has 6 nitrogen and oxygen atoms in total. The standard InChI is InChI=1S/C20H27N3O3/c1-25-12-13-26-15-18-6-9-23(10-7-18)20(24)19-4-2-17(3-5-19)14-22-11-8-21-16-22/h2-5,8,11,16,18H,6-7,9-10,12-15H2,1H3. The summed E-state index contributed by atoms with van der Waals surface area (Å²) in [5, 5.41) is 0. The molecule has 2 heterocycles. The van der Waals surface area contributed by atoms with Crippen molar-refractivity contribution in [2.24, 2.45) is 5.92 Å². The van der Waals surface area contributed by atoms with Crippen LogP contribution < -0.4 is 0 Å². The molecule has 2 aromatic rings. The van der Waals surface area contributed by atoms with Gasteiger partial charge in [-0.15, -0.1) is 0 Å². The minimum absolute atomic E-state index is 0.123.